The molecule has 0 spiro atoms. The normalized spacial score (nSPS) is 15.9. The first kappa shape index (κ1) is 21.7. The van der Waals surface area contributed by atoms with Crippen molar-refractivity contribution in [2.75, 3.05) is 19.5 Å². The van der Waals surface area contributed by atoms with Crippen LogP contribution in [0.25, 0.3) is 22.3 Å². The molecular formula is C24H23FN4O3S. The number of hydrogen-bond donors (Lipinski definition) is 1. The molecule has 0 saturated carbocycles. The van der Waals surface area contributed by atoms with Gasteiger partial charge < -0.3 is 14.5 Å². The molecule has 1 saturated heterocycles. The second-order valence-corrected chi connectivity index (χ2v) is 8.80. The van der Waals surface area contributed by atoms with E-state index in [1.165, 1.54) is 37.1 Å². The highest BCUT2D eigenvalue weighted by Gasteiger charge is 2.24. The van der Waals surface area contributed by atoms with Crippen LogP contribution in [-0.4, -0.2) is 51.1 Å². The Morgan fingerprint density at radius 2 is 2.18 bits per heavy atom. The van der Waals surface area contributed by atoms with Gasteiger partial charge in [0.1, 0.15) is 11.6 Å². The van der Waals surface area contributed by atoms with E-state index in [2.05, 4.69) is 15.2 Å². The minimum atomic E-state index is -0.479. The number of ketones is 1. The molecule has 4 aromatic rings. The van der Waals surface area contributed by atoms with E-state index in [1.807, 2.05) is 35.0 Å². The molecule has 0 radical (unpaired) electrons. The topological polar surface area (TPSA) is 82.0 Å². The molecule has 1 aliphatic heterocycles. The molecular weight excluding hydrogens is 443 g/mol. The third kappa shape index (κ3) is 4.38. The van der Waals surface area contributed by atoms with Crippen LogP contribution in [0.1, 0.15) is 23.2 Å². The van der Waals surface area contributed by atoms with Gasteiger partial charge in [-0.1, -0.05) is 30.0 Å². The van der Waals surface area contributed by atoms with Crippen LogP contribution < -0.4 is 4.74 Å². The summed E-state index contributed by atoms with van der Waals surface area (Å²) >= 11 is 1.28. The van der Waals surface area contributed by atoms with Crippen LogP contribution in [-0.2, 0) is 11.3 Å². The lowest BCUT2D eigenvalue weighted by atomic mass is 10.1. The van der Waals surface area contributed by atoms with E-state index in [0.717, 1.165) is 41.7 Å². The van der Waals surface area contributed by atoms with Gasteiger partial charge in [-0.2, -0.15) is 0 Å². The number of nitrogens with one attached hydrogen (secondary N) is 1. The molecule has 1 atom stereocenters. The van der Waals surface area contributed by atoms with Crippen molar-refractivity contribution < 1.29 is 18.7 Å². The number of fused-ring (bicyclic) bond motifs is 1. The fraction of sp³-hybridized carbons (Fsp3) is 0.292. The smallest absolute Gasteiger partial charge is 0.192 e. The third-order valence-corrected chi connectivity index (χ3v) is 6.72. The maximum absolute atomic E-state index is 13.7. The van der Waals surface area contributed by atoms with E-state index in [4.69, 9.17) is 9.47 Å². The number of H-pyrrole nitrogens is 1. The SMILES string of the molecule is COc1ccc(F)cc1C(=O)CSc1nnc(-c2c[nH]c3ccccc23)n1CC1CCCO1. The number of nitrogens with zero attached hydrogens (tertiary/aromatic N) is 3. The molecule has 170 valence electrons. The molecule has 7 nitrogen and oxygen atoms in total. The van der Waals surface area contributed by atoms with Gasteiger partial charge in [-0.25, -0.2) is 4.39 Å². The summed E-state index contributed by atoms with van der Waals surface area (Å²) in [6.45, 7) is 1.34. The number of aromatic amines is 1. The number of carbonyl (C=O) groups excluding carboxylic acids is 1. The molecule has 3 heterocycles. The van der Waals surface area contributed by atoms with Gasteiger partial charge in [0.15, 0.2) is 16.8 Å². The molecule has 0 aliphatic carbocycles. The lowest BCUT2D eigenvalue weighted by Crippen LogP contribution is -2.17. The quantitative estimate of drug-likeness (QED) is 0.299. The Balaban J connectivity index is 1.45. The maximum Gasteiger partial charge on any atom is 0.192 e. The Bertz CT molecular complexity index is 1300. The van der Waals surface area contributed by atoms with Gasteiger partial charge in [0.2, 0.25) is 0 Å². The minimum Gasteiger partial charge on any atom is -0.496 e. The van der Waals surface area contributed by atoms with E-state index in [-0.39, 0.29) is 23.2 Å². The first-order valence-electron chi connectivity index (χ1n) is 10.7. The molecule has 33 heavy (non-hydrogen) atoms. The van der Waals surface area contributed by atoms with Crippen molar-refractivity contribution in [2.24, 2.45) is 0 Å². The number of carbonyl (C=O) groups is 1. The van der Waals surface area contributed by atoms with Gasteiger partial charge in [0.25, 0.3) is 0 Å². The average Bonchev–Trinajstić information content (AvgIpc) is 3.58. The Kier molecular flexibility index (Phi) is 6.15. The van der Waals surface area contributed by atoms with Crippen LogP contribution in [0.3, 0.4) is 0 Å². The Hall–Kier alpha value is -3.17. The molecule has 2 aromatic heterocycles. The summed E-state index contributed by atoms with van der Waals surface area (Å²) in [6, 6.07) is 12.0. The first-order chi connectivity index (χ1) is 16.1. The molecule has 5 rings (SSSR count). The highest BCUT2D eigenvalue weighted by Crippen LogP contribution is 2.32. The number of rotatable bonds is 8. The van der Waals surface area contributed by atoms with Gasteiger partial charge in [-0.15, -0.1) is 10.2 Å². The van der Waals surface area contributed by atoms with Crippen molar-refractivity contribution in [3.63, 3.8) is 0 Å². The molecule has 1 N–H and O–H groups in total. The zero-order chi connectivity index (χ0) is 22.8. The van der Waals surface area contributed by atoms with Crippen LogP contribution in [0.4, 0.5) is 4.39 Å². The highest BCUT2D eigenvalue weighted by atomic mass is 32.2. The summed E-state index contributed by atoms with van der Waals surface area (Å²) in [5.41, 5.74) is 2.18. The Morgan fingerprint density at radius 3 is 3.00 bits per heavy atom. The van der Waals surface area contributed by atoms with E-state index in [1.54, 1.807) is 0 Å². The van der Waals surface area contributed by atoms with Crippen LogP contribution >= 0.6 is 11.8 Å². The average molecular weight is 467 g/mol. The van der Waals surface area contributed by atoms with Crippen molar-refractivity contribution in [2.45, 2.75) is 30.6 Å². The molecule has 0 bridgehead atoms. The summed E-state index contributed by atoms with van der Waals surface area (Å²) in [4.78, 5) is 16.1. The fourth-order valence-corrected chi connectivity index (χ4v) is 4.94. The lowest BCUT2D eigenvalue weighted by Gasteiger charge is -2.14. The summed E-state index contributed by atoms with van der Waals surface area (Å²) in [5, 5.41) is 10.5. The Labute approximate surface area is 194 Å². The zero-order valence-electron chi connectivity index (χ0n) is 18.1. The summed E-state index contributed by atoms with van der Waals surface area (Å²) in [5.74, 6) is 0.435. The molecule has 1 fully saturated rings. The van der Waals surface area contributed by atoms with Gasteiger partial charge in [0, 0.05) is 29.3 Å². The van der Waals surface area contributed by atoms with Gasteiger partial charge in [-0.3, -0.25) is 9.36 Å². The largest absolute Gasteiger partial charge is 0.496 e. The number of thioether (sulfide) groups is 1. The van der Waals surface area contributed by atoms with Crippen molar-refractivity contribution in [3.05, 3.63) is 60.0 Å². The van der Waals surface area contributed by atoms with Gasteiger partial charge in [-0.05, 0) is 37.1 Å². The molecule has 1 unspecified atom stereocenters. The predicted molar refractivity (Wildman–Crippen MR) is 124 cm³/mol. The van der Waals surface area contributed by atoms with Crippen LogP contribution in [0, 0.1) is 5.82 Å². The molecule has 0 amide bonds. The highest BCUT2D eigenvalue weighted by molar-refractivity contribution is 7.99. The van der Waals surface area contributed by atoms with Crippen molar-refractivity contribution in [3.8, 4) is 17.1 Å². The zero-order valence-corrected chi connectivity index (χ0v) is 18.9. The second kappa shape index (κ2) is 9.36. The second-order valence-electron chi connectivity index (χ2n) is 7.86. The van der Waals surface area contributed by atoms with Crippen LogP contribution in [0.15, 0.2) is 53.8 Å². The first-order valence-corrected chi connectivity index (χ1v) is 11.7. The predicted octanol–water partition coefficient (Wildman–Crippen LogP) is 4.73. The summed E-state index contributed by atoms with van der Waals surface area (Å²) < 4.78 is 26.8. The number of Topliss-reactive ketones (excluding diaryl/α,β-unsaturated/α-hetero) is 1. The maximum atomic E-state index is 13.7. The number of para-hydroxylation sites is 1. The minimum absolute atomic E-state index is 0.0725. The van der Waals surface area contributed by atoms with Crippen LogP contribution in [0.5, 0.6) is 5.75 Å². The van der Waals surface area contributed by atoms with E-state index < -0.39 is 5.82 Å². The lowest BCUT2D eigenvalue weighted by molar-refractivity contribution is 0.0953. The summed E-state index contributed by atoms with van der Waals surface area (Å²) in [7, 11) is 1.46. The fourth-order valence-electron chi connectivity index (χ4n) is 4.11. The molecule has 2 aromatic carbocycles. The molecule has 9 heteroatoms. The number of methoxy groups -OCH3 is 1. The standard InChI is InChI=1S/C24H23FN4O3S/c1-31-22-9-8-15(25)11-18(22)21(30)14-33-24-28-27-23(29(24)13-16-5-4-10-32-16)19-12-26-20-7-3-2-6-17(19)20/h2-3,6-9,11-12,16,26H,4-5,10,13-14H2,1H3. The Morgan fingerprint density at radius 1 is 1.30 bits per heavy atom. The number of aromatic nitrogens is 4. The molecule has 1 aliphatic rings. The number of benzene rings is 2. The number of halogens is 1. The summed E-state index contributed by atoms with van der Waals surface area (Å²) in [6.07, 6.45) is 3.99. The van der Waals surface area contributed by atoms with E-state index in [9.17, 15) is 9.18 Å². The number of ether oxygens (including phenoxy) is 2. The van der Waals surface area contributed by atoms with Crippen LogP contribution in [0.2, 0.25) is 0 Å². The monoisotopic (exact) mass is 466 g/mol. The van der Waals surface area contributed by atoms with Gasteiger partial charge >= 0.3 is 0 Å². The van der Waals surface area contributed by atoms with Gasteiger partial charge in [0.05, 0.1) is 31.1 Å². The van der Waals surface area contributed by atoms with E-state index >= 15 is 0 Å². The van der Waals surface area contributed by atoms with Crippen molar-refractivity contribution in [1.29, 1.82) is 0 Å². The number of hydrogen-bond acceptors (Lipinski definition) is 6. The van der Waals surface area contributed by atoms with Crippen molar-refractivity contribution in [1.82, 2.24) is 19.7 Å². The van der Waals surface area contributed by atoms with E-state index in [0.29, 0.717) is 17.5 Å². The third-order valence-electron chi connectivity index (χ3n) is 5.75. The van der Waals surface area contributed by atoms with Crippen molar-refractivity contribution >= 4 is 28.4 Å².